The Kier molecular flexibility index (Phi) is 4.70. The molecule has 1 aromatic carbocycles. The summed E-state index contributed by atoms with van der Waals surface area (Å²) in [5, 5.41) is 0.740. The van der Waals surface area contributed by atoms with Gasteiger partial charge in [0, 0.05) is 10.8 Å². The normalized spacial score (nSPS) is 17.7. The van der Waals surface area contributed by atoms with Gasteiger partial charge in [0.05, 0.1) is 12.4 Å². The molecule has 1 aromatic rings. The van der Waals surface area contributed by atoms with Crippen molar-refractivity contribution in [1.82, 2.24) is 0 Å². The third kappa shape index (κ3) is 3.29. The van der Waals surface area contributed by atoms with E-state index in [1.165, 1.54) is 25.7 Å². The van der Waals surface area contributed by atoms with Crippen molar-refractivity contribution < 1.29 is 9.53 Å². The van der Waals surface area contributed by atoms with Gasteiger partial charge in [-0.05, 0) is 44.0 Å². The van der Waals surface area contributed by atoms with Crippen molar-refractivity contribution in [2.75, 3.05) is 7.11 Å². The molecule has 0 aliphatic heterocycles. The summed E-state index contributed by atoms with van der Waals surface area (Å²) in [6.07, 6.45) is 5.18. The highest BCUT2D eigenvalue weighted by molar-refractivity contribution is 8.01. The van der Waals surface area contributed by atoms with E-state index in [0.717, 1.165) is 11.3 Å². The Balaban J connectivity index is 1.95. The van der Waals surface area contributed by atoms with Gasteiger partial charge in [0.1, 0.15) is 5.75 Å². The van der Waals surface area contributed by atoms with E-state index < -0.39 is 0 Å². The largest absolute Gasteiger partial charge is 0.497 e. The number of methoxy groups -OCH3 is 1. The second kappa shape index (κ2) is 6.28. The van der Waals surface area contributed by atoms with Crippen LogP contribution in [0.3, 0.4) is 0 Å². The summed E-state index contributed by atoms with van der Waals surface area (Å²) in [7, 11) is 1.63. The first-order chi connectivity index (χ1) is 8.70. The summed E-state index contributed by atoms with van der Waals surface area (Å²) in [5.74, 6) is 1.03. The molecule has 1 atom stereocenters. The summed E-state index contributed by atoms with van der Waals surface area (Å²) < 4.78 is 5.10. The molecule has 0 unspecified atom stereocenters. The SMILES string of the molecule is COc1ccc(C(=O)[C@@H](C)SC2CCCC2)cc1. The van der Waals surface area contributed by atoms with E-state index in [9.17, 15) is 4.79 Å². The van der Waals surface area contributed by atoms with Crippen LogP contribution in [-0.4, -0.2) is 23.4 Å². The number of carbonyl (C=O) groups is 1. The molecule has 18 heavy (non-hydrogen) atoms. The van der Waals surface area contributed by atoms with Crippen LogP contribution in [0, 0.1) is 0 Å². The Labute approximate surface area is 113 Å². The lowest BCUT2D eigenvalue weighted by Gasteiger charge is -2.15. The van der Waals surface area contributed by atoms with Crippen LogP contribution in [0.4, 0.5) is 0 Å². The van der Waals surface area contributed by atoms with Crippen LogP contribution in [-0.2, 0) is 0 Å². The van der Waals surface area contributed by atoms with E-state index in [1.807, 2.05) is 43.0 Å². The lowest BCUT2D eigenvalue weighted by Crippen LogP contribution is -2.16. The lowest BCUT2D eigenvalue weighted by atomic mass is 10.1. The van der Waals surface area contributed by atoms with Gasteiger partial charge in [-0.3, -0.25) is 4.79 Å². The summed E-state index contributed by atoms with van der Waals surface area (Å²) in [6.45, 7) is 2.02. The summed E-state index contributed by atoms with van der Waals surface area (Å²) >= 11 is 1.84. The minimum absolute atomic E-state index is 0.0569. The van der Waals surface area contributed by atoms with E-state index in [2.05, 4.69) is 0 Å². The van der Waals surface area contributed by atoms with Crippen molar-refractivity contribution in [2.45, 2.75) is 43.1 Å². The van der Waals surface area contributed by atoms with E-state index in [-0.39, 0.29) is 11.0 Å². The highest BCUT2D eigenvalue weighted by Gasteiger charge is 2.23. The molecule has 1 aliphatic carbocycles. The second-order valence-corrected chi connectivity index (χ2v) is 6.42. The number of hydrogen-bond acceptors (Lipinski definition) is 3. The molecule has 0 bridgehead atoms. The van der Waals surface area contributed by atoms with Crippen molar-refractivity contribution in [1.29, 1.82) is 0 Å². The van der Waals surface area contributed by atoms with Gasteiger partial charge in [0.15, 0.2) is 5.78 Å². The molecular formula is C15H20O2S. The zero-order valence-corrected chi connectivity index (χ0v) is 11.8. The van der Waals surface area contributed by atoms with Crippen LogP contribution >= 0.6 is 11.8 Å². The Morgan fingerprint density at radius 3 is 2.44 bits per heavy atom. The van der Waals surface area contributed by atoms with Gasteiger partial charge in [-0.2, -0.15) is 0 Å². The monoisotopic (exact) mass is 264 g/mol. The van der Waals surface area contributed by atoms with Crippen LogP contribution in [0.2, 0.25) is 0 Å². The zero-order chi connectivity index (χ0) is 13.0. The molecule has 0 spiro atoms. The molecule has 1 aliphatic rings. The van der Waals surface area contributed by atoms with Gasteiger partial charge in [0.2, 0.25) is 0 Å². The van der Waals surface area contributed by atoms with Crippen LogP contribution in [0.25, 0.3) is 0 Å². The summed E-state index contributed by atoms with van der Waals surface area (Å²) in [6, 6.07) is 7.40. The molecule has 1 fully saturated rings. The van der Waals surface area contributed by atoms with Crippen LogP contribution < -0.4 is 4.74 Å². The number of ketones is 1. The molecule has 0 heterocycles. The molecule has 0 aromatic heterocycles. The Bertz CT molecular complexity index is 393. The van der Waals surface area contributed by atoms with Crippen molar-refractivity contribution in [3.8, 4) is 5.75 Å². The number of benzene rings is 1. The third-order valence-electron chi connectivity index (χ3n) is 3.44. The maximum absolute atomic E-state index is 12.3. The highest BCUT2D eigenvalue weighted by Crippen LogP contribution is 2.33. The van der Waals surface area contributed by atoms with Crippen molar-refractivity contribution in [2.24, 2.45) is 0 Å². The lowest BCUT2D eigenvalue weighted by molar-refractivity contribution is 0.0994. The van der Waals surface area contributed by atoms with E-state index in [4.69, 9.17) is 4.74 Å². The molecule has 1 saturated carbocycles. The quantitative estimate of drug-likeness (QED) is 0.753. The first-order valence-corrected chi connectivity index (χ1v) is 7.48. The Morgan fingerprint density at radius 1 is 1.28 bits per heavy atom. The Morgan fingerprint density at radius 2 is 1.89 bits per heavy atom. The van der Waals surface area contributed by atoms with Gasteiger partial charge >= 0.3 is 0 Å². The van der Waals surface area contributed by atoms with Crippen LogP contribution in [0.5, 0.6) is 5.75 Å². The van der Waals surface area contributed by atoms with Crippen LogP contribution in [0.15, 0.2) is 24.3 Å². The van der Waals surface area contributed by atoms with Crippen LogP contribution in [0.1, 0.15) is 43.0 Å². The van der Waals surface area contributed by atoms with E-state index >= 15 is 0 Å². The fraction of sp³-hybridized carbons (Fsp3) is 0.533. The minimum Gasteiger partial charge on any atom is -0.497 e. The van der Waals surface area contributed by atoms with E-state index in [0.29, 0.717) is 5.25 Å². The smallest absolute Gasteiger partial charge is 0.175 e. The Hall–Kier alpha value is -0.960. The maximum Gasteiger partial charge on any atom is 0.175 e. The fourth-order valence-corrected chi connectivity index (χ4v) is 3.81. The average molecular weight is 264 g/mol. The predicted molar refractivity (Wildman–Crippen MR) is 76.6 cm³/mol. The topological polar surface area (TPSA) is 26.3 Å². The predicted octanol–water partition coefficient (Wildman–Crippen LogP) is 3.94. The van der Waals surface area contributed by atoms with Gasteiger partial charge in [-0.25, -0.2) is 0 Å². The highest BCUT2D eigenvalue weighted by atomic mass is 32.2. The molecular weight excluding hydrogens is 244 g/mol. The summed E-state index contributed by atoms with van der Waals surface area (Å²) in [4.78, 5) is 12.3. The molecule has 2 rings (SSSR count). The number of Topliss-reactive ketones (excluding diaryl/α,β-unsaturated/α-hetero) is 1. The molecule has 2 nitrogen and oxygen atoms in total. The van der Waals surface area contributed by atoms with Gasteiger partial charge in [-0.1, -0.05) is 12.8 Å². The minimum atomic E-state index is 0.0569. The second-order valence-electron chi connectivity index (χ2n) is 4.78. The molecule has 3 heteroatoms. The number of carbonyl (C=O) groups excluding carboxylic acids is 1. The number of thioether (sulfide) groups is 1. The average Bonchev–Trinajstić information content (AvgIpc) is 2.91. The van der Waals surface area contributed by atoms with E-state index in [1.54, 1.807) is 7.11 Å². The molecule has 0 N–H and O–H groups in total. The summed E-state index contributed by atoms with van der Waals surface area (Å²) in [5.41, 5.74) is 0.786. The van der Waals surface area contributed by atoms with Gasteiger partial charge < -0.3 is 4.74 Å². The van der Waals surface area contributed by atoms with Gasteiger partial charge in [0.25, 0.3) is 0 Å². The van der Waals surface area contributed by atoms with Crippen molar-refractivity contribution in [3.05, 3.63) is 29.8 Å². The third-order valence-corrected chi connectivity index (χ3v) is 4.92. The molecule has 0 saturated heterocycles. The van der Waals surface area contributed by atoms with Gasteiger partial charge in [-0.15, -0.1) is 11.8 Å². The molecule has 0 radical (unpaired) electrons. The first kappa shape index (κ1) is 13.5. The zero-order valence-electron chi connectivity index (χ0n) is 11.0. The number of hydrogen-bond donors (Lipinski definition) is 0. The molecule has 98 valence electrons. The number of rotatable bonds is 5. The number of ether oxygens (including phenoxy) is 1. The standard InChI is InChI=1S/C15H20O2S/c1-11(18-14-5-3-4-6-14)15(16)12-7-9-13(17-2)10-8-12/h7-11,14H,3-6H2,1-2H3/t11-/m1/s1. The first-order valence-electron chi connectivity index (χ1n) is 6.54. The molecule has 0 amide bonds. The van der Waals surface area contributed by atoms with Crippen molar-refractivity contribution in [3.63, 3.8) is 0 Å². The maximum atomic E-state index is 12.3. The fourth-order valence-electron chi connectivity index (χ4n) is 2.36. The van der Waals surface area contributed by atoms with Crippen molar-refractivity contribution >= 4 is 17.5 Å².